The predicted molar refractivity (Wildman–Crippen MR) is 96.0 cm³/mol. The van der Waals surface area contributed by atoms with E-state index in [0.717, 1.165) is 15.8 Å². The van der Waals surface area contributed by atoms with Gasteiger partial charge in [-0.2, -0.15) is 8.42 Å². The summed E-state index contributed by atoms with van der Waals surface area (Å²) in [6.07, 6.45) is 0. The molecule has 0 N–H and O–H groups in total. The molecular weight excluding hydrogens is 344 g/mol. The summed E-state index contributed by atoms with van der Waals surface area (Å²) in [6, 6.07) is 12.3. The Morgan fingerprint density at radius 3 is 2.50 bits per heavy atom. The topological polar surface area (TPSA) is 60.7 Å². The molecule has 3 rings (SSSR count). The number of methoxy groups -OCH3 is 1. The van der Waals surface area contributed by atoms with Gasteiger partial charge in [0.2, 0.25) is 4.80 Å². The fraction of sp³-hybridized carbons (Fsp3) is 0.235. The number of benzene rings is 2. The summed E-state index contributed by atoms with van der Waals surface area (Å²) in [4.78, 5) is 0.633. The summed E-state index contributed by atoms with van der Waals surface area (Å²) >= 11 is 1.38. The second kappa shape index (κ2) is 6.41. The highest BCUT2D eigenvalue weighted by Gasteiger charge is 2.14. The summed E-state index contributed by atoms with van der Waals surface area (Å²) in [7, 11) is -2.23. The first-order valence-corrected chi connectivity index (χ1v) is 9.75. The van der Waals surface area contributed by atoms with Crippen LogP contribution in [0.1, 0.15) is 12.5 Å². The van der Waals surface area contributed by atoms with Gasteiger partial charge in [-0.3, -0.25) is 0 Å². The van der Waals surface area contributed by atoms with Crippen LogP contribution in [0.2, 0.25) is 0 Å². The van der Waals surface area contributed by atoms with Gasteiger partial charge in [0.1, 0.15) is 5.75 Å². The van der Waals surface area contributed by atoms with Crippen LogP contribution in [0.15, 0.2) is 51.8 Å². The van der Waals surface area contributed by atoms with Gasteiger partial charge in [0.15, 0.2) is 0 Å². The van der Waals surface area contributed by atoms with Crippen molar-refractivity contribution in [3.05, 3.63) is 52.8 Å². The average Bonchev–Trinajstić information content (AvgIpc) is 2.90. The van der Waals surface area contributed by atoms with Crippen molar-refractivity contribution in [1.29, 1.82) is 0 Å². The number of hydrogen-bond donors (Lipinski definition) is 0. The third-order valence-electron chi connectivity index (χ3n) is 3.71. The van der Waals surface area contributed by atoms with Gasteiger partial charge in [-0.25, -0.2) is 0 Å². The molecule has 5 nitrogen and oxygen atoms in total. The lowest BCUT2D eigenvalue weighted by Crippen LogP contribution is -2.16. The van der Waals surface area contributed by atoms with E-state index in [4.69, 9.17) is 4.74 Å². The van der Waals surface area contributed by atoms with Crippen molar-refractivity contribution in [2.24, 2.45) is 4.40 Å². The molecule has 3 aromatic rings. The minimum absolute atomic E-state index is 0.152. The normalized spacial score (nSPS) is 12.7. The molecule has 0 saturated carbocycles. The van der Waals surface area contributed by atoms with Crippen LogP contribution in [0.4, 0.5) is 0 Å². The third-order valence-corrected chi connectivity index (χ3v) is 6.15. The molecule has 1 aromatic heterocycles. The van der Waals surface area contributed by atoms with Crippen LogP contribution in [0.5, 0.6) is 5.75 Å². The molecule has 0 aliphatic heterocycles. The average molecular weight is 362 g/mol. The van der Waals surface area contributed by atoms with Crippen LogP contribution >= 0.6 is 11.3 Å². The number of fused-ring (bicyclic) bond motifs is 1. The van der Waals surface area contributed by atoms with Crippen molar-refractivity contribution < 1.29 is 13.2 Å². The van der Waals surface area contributed by atoms with Crippen molar-refractivity contribution in [3.8, 4) is 5.75 Å². The molecule has 7 heteroatoms. The molecule has 0 radical (unpaired) electrons. The van der Waals surface area contributed by atoms with E-state index in [9.17, 15) is 8.42 Å². The Balaban J connectivity index is 2.17. The van der Waals surface area contributed by atoms with E-state index < -0.39 is 10.0 Å². The van der Waals surface area contributed by atoms with Crippen LogP contribution in [0, 0.1) is 6.92 Å². The van der Waals surface area contributed by atoms with E-state index in [1.165, 1.54) is 30.6 Å². The smallest absolute Gasteiger partial charge is 0.285 e. The first-order chi connectivity index (χ1) is 11.4. The summed E-state index contributed by atoms with van der Waals surface area (Å²) in [6.45, 7) is 4.64. The van der Waals surface area contributed by atoms with Gasteiger partial charge >= 0.3 is 0 Å². The highest BCUT2D eigenvalue weighted by Crippen LogP contribution is 2.21. The van der Waals surface area contributed by atoms with Crippen LogP contribution in [-0.2, 0) is 16.6 Å². The first kappa shape index (κ1) is 16.7. The largest absolute Gasteiger partial charge is 0.497 e. The Labute approximate surface area is 144 Å². The lowest BCUT2D eigenvalue weighted by molar-refractivity contribution is 0.414. The number of sulfonamides is 1. The molecular formula is C17H18N2O3S2. The van der Waals surface area contributed by atoms with E-state index >= 15 is 0 Å². The van der Waals surface area contributed by atoms with Gasteiger partial charge in [0.05, 0.1) is 22.2 Å². The second-order valence-electron chi connectivity index (χ2n) is 5.34. The first-order valence-electron chi connectivity index (χ1n) is 7.49. The molecule has 0 bridgehead atoms. The molecule has 0 fully saturated rings. The van der Waals surface area contributed by atoms with E-state index in [1.807, 2.05) is 36.6 Å². The van der Waals surface area contributed by atoms with Crippen molar-refractivity contribution >= 4 is 31.6 Å². The number of aromatic nitrogens is 1. The van der Waals surface area contributed by atoms with Gasteiger partial charge in [0, 0.05) is 6.54 Å². The molecule has 0 saturated heterocycles. The van der Waals surface area contributed by atoms with Crippen LogP contribution in [-0.4, -0.2) is 20.1 Å². The number of nitrogens with zero attached hydrogens (tertiary/aromatic N) is 2. The van der Waals surface area contributed by atoms with Crippen molar-refractivity contribution in [3.63, 3.8) is 0 Å². The molecule has 0 amide bonds. The number of aryl methyl sites for hydroxylation is 2. The van der Waals surface area contributed by atoms with Gasteiger partial charge < -0.3 is 9.30 Å². The van der Waals surface area contributed by atoms with Crippen molar-refractivity contribution in [1.82, 2.24) is 4.57 Å². The minimum atomic E-state index is -3.77. The number of hydrogen-bond acceptors (Lipinski definition) is 4. The Hall–Kier alpha value is -2.12. The zero-order chi connectivity index (χ0) is 17.3. The number of ether oxygens (including phenoxy) is 1. The maximum Gasteiger partial charge on any atom is 0.285 e. The Morgan fingerprint density at radius 2 is 1.88 bits per heavy atom. The van der Waals surface area contributed by atoms with Gasteiger partial charge in [-0.1, -0.05) is 17.4 Å². The number of rotatable bonds is 4. The van der Waals surface area contributed by atoms with Crippen molar-refractivity contribution in [2.45, 2.75) is 25.3 Å². The lowest BCUT2D eigenvalue weighted by Gasteiger charge is -2.02. The zero-order valence-corrected chi connectivity index (χ0v) is 15.3. The van der Waals surface area contributed by atoms with Crippen molar-refractivity contribution in [2.75, 3.05) is 7.11 Å². The predicted octanol–water partition coefficient (Wildman–Crippen LogP) is 3.33. The fourth-order valence-corrected chi connectivity index (χ4v) is 4.85. The maximum atomic E-state index is 12.6. The molecule has 0 aliphatic rings. The van der Waals surface area contributed by atoms with E-state index in [0.29, 0.717) is 17.1 Å². The molecule has 0 unspecified atom stereocenters. The zero-order valence-electron chi connectivity index (χ0n) is 13.7. The van der Waals surface area contributed by atoms with E-state index in [-0.39, 0.29) is 4.90 Å². The second-order valence-corrected chi connectivity index (χ2v) is 7.96. The van der Waals surface area contributed by atoms with Gasteiger partial charge in [-0.15, -0.1) is 4.40 Å². The van der Waals surface area contributed by atoms with Crippen LogP contribution in [0.25, 0.3) is 10.2 Å². The third kappa shape index (κ3) is 3.09. The Morgan fingerprint density at radius 1 is 1.17 bits per heavy atom. The molecule has 2 aromatic carbocycles. The minimum Gasteiger partial charge on any atom is -0.497 e. The molecule has 0 atom stereocenters. The summed E-state index contributed by atoms with van der Waals surface area (Å²) < 4.78 is 37.3. The maximum absolute atomic E-state index is 12.6. The van der Waals surface area contributed by atoms with Gasteiger partial charge in [0.25, 0.3) is 10.0 Å². The van der Waals surface area contributed by atoms with Gasteiger partial charge in [-0.05, 0) is 55.8 Å². The molecule has 126 valence electrons. The van der Waals surface area contributed by atoms with E-state index in [2.05, 4.69) is 4.40 Å². The summed E-state index contributed by atoms with van der Waals surface area (Å²) in [5.41, 5.74) is 2.13. The summed E-state index contributed by atoms with van der Waals surface area (Å²) in [5, 5.41) is 0. The fourth-order valence-electron chi connectivity index (χ4n) is 2.46. The highest BCUT2D eigenvalue weighted by molar-refractivity contribution is 7.90. The molecule has 24 heavy (non-hydrogen) atoms. The molecule has 0 spiro atoms. The Bertz CT molecular complexity index is 1050. The quantitative estimate of drug-likeness (QED) is 0.715. The monoisotopic (exact) mass is 362 g/mol. The molecule has 0 aliphatic carbocycles. The highest BCUT2D eigenvalue weighted by atomic mass is 32.2. The molecule has 1 heterocycles. The SMILES string of the molecule is CCn1/c(=N/S(=O)(=O)c2ccc(OC)cc2)sc2cc(C)ccc21. The van der Waals surface area contributed by atoms with Crippen LogP contribution < -0.4 is 9.54 Å². The number of thiazole rings is 1. The van der Waals surface area contributed by atoms with Crippen LogP contribution in [0.3, 0.4) is 0 Å². The summed E-state index contributed by atoms with van der Waals surface area (Å²) in [5.74, 6) is 0.606. The Kier molecular flexibility index (Phi) is 4.47. The lowest BCUT2D eigenvalue weighted by atomic mass is 10.2. The standard InChI is InChI=1S/C17H18N2O3S2/c1-4-19-15-10-5-12(2)11-16(15)23-17(19)18-24(20,21)14-8-6-13(22-3)7-9-14/h5-11H,4H2,1-3H3/b18-17-. The van der Waals surface area contributed by atoms with E-state index in [1.54, 1.807) is 12.1 Å².